The van der Waals surface area contributed by atoms with Crippen molar-refractivity contribution in [3.63, 3.8) is 0 Å². The quantitative estimate of drug-likeness (QED) is 0.243. The highest BCUT2D eigenvalue weighted by molar-refractivity contribution is 6.21. The van der Waals surface area contributed by atoms with Gasteiger partial charge < -0.3 is 9.80 Å². The number of rotatable bonds is 11. The van der Waals surface area contributed by atoms with Crippen LogP contribution in [-0.2, 0) is 11.2 Å². The lowest BCUT2D eigenvalue weighted by Crippen LogP contribution is -2.48. The summed E-state index contributed by atoms with van der Waals surface area (Å²) in [5.41, 5.74) is 3.31. The van der Waals surface area contributed by atoms with E-state index in [1.165, 1.54) is 10.5 Å². The monoisotopic (exact) mass is 523 g/mol. The maximum absolute atomic E-state index is 13.5. The lowest BCUT2D eigenvalue weighted by Gasteiger charge is -2.38. The number of fused-ring (bicyclic) bond motifs is 1. The molecule has 2 aliphatic rings. The van der Waals surface area contributed by atoms with Crippen molar-refractivity contribution in [2.45, 2.75) is 51.0 Å². The zero-order chi connectivity index (χ0) is 27.0. The van der Waals surface area contributed by atoms with Crippen LogP contribution in [0.25, 0.3) is 0 Å². The second-order valence-electron chi connectivity index (χ2n) is 10.5. The predicted octanol–water partition coefficient (Wildman–Crippen LogP) is 5.58. The third-order valence-electron chi connectivity index (χ3n) is 7.94. The molecule has 6 nitrogen and oxygen atoms in total. The molecule has 3 aromatic carbocycles. The van der Waals surface area contributed by atoms with E-state index in [2.05, 4.69) is 35.2 Å². The number of nitrogens with zero attached hydrogens (tertiary/aromatic N) is 3. The number of unbranched alkanes of at least 4 members (excludes halogenated alkanes) is 2. The molecule has 5 rings (SSSR count). The molecule has 3 aromatic rings. The molecule has 0 radical (unpaired) electrons. The molecule has 1 saturated heterocycles. The molecule has 0 spiro atoms. The lowest BCUT2D eigenvalue weighted by atomic mass is 10.0. The van der Waals surface area contributed by atoms with Crippen molar-refractivity contribution in [2.75, 3.05) is 31.1 Å². The van der Waals surface area contributed by atoms with Crippen LogP contribution in [0.15, 0.2) is 84.9 Å². The topological polar surface area (TPSA) is 60.9 Å². The third-order valence-corrected chi connectivity index (χ3v) is 7.94. The summed E-state index contributed by atoms with van der Waals surface area (Å²) in [6, 6.07) is 27.8. The predicted molar refractivity (Wildman–Crippen MR) is 154 cm³/mol. The molecule has 1 fully saturated rings. The van der Waals surface area contributed by atoms with Crippen molar-refractivity contribution in [2.24, 2.45) is 0 Å². The first kappa shape index (κ1) is 26.8. The van der Waals surface area contributed by atoms with Crippen LogP contribution in [0.5, 0.6) is 0 Å². The summed E-state index contributed by atoms with van der Waals surface area (Å²) in [5.74, 6) is -0.265. The number of para-hydroxylation sites is 1. The summed E-state index contributed by atoms with van der Waals surface area (Å²) in [6.45, 7) is 3.43. The summed E-state index contributed by atoms with van der Waals surface area (Å²) in [5, 5.41) is 0. The van der Waals surface area contributed by atoms with Gasteiger partial charge in [-0.15, -0.1) is 0 Å². The number of carbonyl (C=O) groups is 3. The average Bonchev–Trinajstić information content (AvgIpc) is 3.22. The SMILES string of the molecule is O=C1c2ccccc2C(=O)N1CCCCCC(=O)N(c1ccccc1)C1CCN(CCc2ccccc2)CC1. The third kappa shape index (κ3) is 6.45. The number of anilines is 1. The van der Waals surface area contributed by atoms with Crippen molar-refractivity contribution >= 4 is 23.4 Å². The Balaban J connectivity index is 1.10. The number of hydrogen-bond donors (Lipinski definition) is 0. The first-order valence-electron chi connectivity index (χ1n) is 14.2. The van der Waals surface area contributed by atoms with Crippen LogP contribution in [0.3, 0.4) is 0 Å². The molecule has 6 heteroatoms. The van der Waals surface area contributed by atoms with Crippen LogP contribution >= 0.6 is 0 Å². The van der Waals surface area contributed by atoms with Gasteiger partial charge in [0.2, 0.25) is 5.91 Å². The minimum atomic E-state index is -0.211. The van der Waals surface area contributed by atoms with Gasteiger partial charge in [-0.3, -0.25) is 19.3 Å². The fourth-order valence-electron chi connectivity index (χ4n) is 5.77. The molecule has 0 unspecified atom stereocenters. The Morgan fingerprint density at radius 1 is 0.718 bits per heavy atom. The minimum Gasteiger partial charge on any atom is -0.309 e. The van der Waals surface area contributed by atoms with Crippen molar-refractivity contribution in [3.05, 3.63) is 102 Å². The average molecular weight is 524 g/mol. The van der Waals surface area contributed by atoms with E-state index in [0.29, 0.717) is 30.5 Å². The minimum absolute atomic E-state index is 0.157. The Hall–Kier alpha value is -3.77. The summed E-state index contributed by atoms with van der Waals surface area (Å²) < 4.78 is 0. The molecule has 2 heterocycles. The van der Waals surface area contributed by atoms with Gasteiger partial charge in [-0.2, -0.15) is 0 Å². The van der Waals surface area contributed by atoms with E-state index in [1.54, 1.807) is 24.3 Å². The Bertz CT molecular complexity index is 1230. The molecule has 39 heavy (non-hydrogen) atoms. The molecule has 0 bridgehead atoms. The van der Waals surface area contributed by atoms with Gasteiger partial charge >= 0.3 is 0 Å². The number of amides is 3. The van der Waals surface area contributed by atoms with Crippen LogP contribution in [0.4, 0.5) is 5.69 Å². The summed E-state index contributed by atoms with van der Waals surface area (Å²) in [4.78, 5) is 44.5. The molecule has 0 aromatic heterocycles. The summed E-state index contributed by atoms with van der Waals surface area (Å²) in [7, 11) is 0. The molecule has 0 saturated carbocycles. The molecular formula is C33H37N3O3. The van der Waals surface area contributed by atoms with E-state index in [0.717, 1.165) is 57.4 Å². The number of piperidine rings is 1. The zero-order valence-corrected chi connectivity index (χ0v) is 22.5. The molecule has 0 atom stereocenters. The number of likely N-dealkylation sites (tertiary alicyclic amines) is 1. The van der Waals surface area contributed by atoms with Crippen LogP contribution in [0, 0.1) is 0 Å². The van der Waals surface area contributed by atoms with E-state index >= 15 is 0 Å². The number of carbonyl (C=O) groups excluding carboxylic acids is 3. The highest BCUT2D eigenvalue weighted by atomic mass is 16.2. The Morgan fingerprint density at radius 3 is 1.95 bits per heavy atom. The van der Waals surface area contributed by atoms with Crippen LogP contribution < -0.4 is 4.90 Å². The van der Waals surface area contributed by atoms with Gasteiger partial charge in [0.1, 0.15) is 0 Å². The largest absolute Gasteiger partial charge is 0.309 e. The van der Waals surface area contributed by atoms with E-state index in [1.807, 2.05) is 35.2 Å². The van der Waals surface area contributed by atoms with E-state index in [-0.39, 0.29) is 23.8 Å². The fraction of sp³-hybridized carbons (Fsp3) is 0.364. The van der Waals surface area contributed by atoms with Crippen molar-refractivity contribution < 1.29 is 14.4 Å². The molecule has 0 N–H and O–H groups in total. The highest BCUT2D eigenvalue weighted by Crippen LogP contribution is 2.26. The van der Waals surface area contributed by atoms with E-state index in [9.17, 15) is 14.4 Å². The molecule has 3 amide bonds. The second-order valence-corrected chi connectivity index (χ2v) is 10.5. The van der Waals surface area contributed by atoms with Gasteiger partial charge in [-0.25, -0.2) is 0 Å². The second kappa shape index (κ2) is 12.9. The Morgan fingerprint density at radius 2 is 1.31 bits per heavy atom. The van der Waals surface area contributed by atoms with Gasteiger partial charge in [0.15, 0.2) is 0 Å². The van der Waals surface area contributed by atoms with Crippen LogP contribution in [0.1, 0.15) is 64.8 Å². The number of imide groups is 1. The molecule has 202 valence electrons. The van der Waals surface area contributed by atoms with Crippen LogP contribution in [-0.4, -0.2) is 59.7 Å². The molecular weight excluding hydrogens is 486 g/mol. The molecule has 2 aliphatic heterocycles. The van der Waals surface area contributed by atoms with Gasteiger partial charge in [-0.1, -0.05) is 67.1 Å². The Labute approximate surface area is 231 Å². The van der Waals surface area contributed by atoms with E-state index in [4.69, 9.17) is 0 Å². The Kier molecular flexibility index (Phi) is 8.84. The first-order chi connectivity index (χ1) is 19.1. The van der Waals surface area contributed by atoms with Crippen molar-refractivity contribution in [1.82, 2.24) is 9.80 Å². The summed E-state index contributed by atoms with van der Waals surface area (Å²) in [6.07, 6.45) is 5.67. The standard InChI is InChI=1S/C33H37N3O3/c37-31(18-8-3-11-22-35-32(38)29-16-9-10-17-30(29)33(35)39)36(27-14-6-2-7-15-27)28-20-24-34(25-21-28)23-19-26-12-4-1-5-13-26/h1-2,4-7,9-10,12-17,28H,3,8,11,18-25H2. The number of benzene rings is 3. The zero-order valence-electron chi connectivity index (χ0n) is 22.5. The first-order valence-corrected chi connectivity index (χ1v) is 14.2. The van der Waals surface area contributed by atoms with Gasteiger partial charge in [0.25, 0.3) is 11.8 Å². The van der Waals surface area contributed by atoms with Gasteiger partial charge in [-0.05, 0) is 61.9 Å². The highest BCUT2D eigenvalue weighted by Gasteiger charge is 2.34. The smallest absolute Gasteiger partial charge is 0.261 e. The van der Waals surface area contributed by atoms with Gasteiger partial charge in [0, 0.05) is 44.3 Å². The normalized spacial score (nSPS) is 15.9. The van der Waals surface area contributed by atoms with Crippen molar-refractivity contribution in [1.29, 1.82) is 0 Å². The summed E-state index contributed by atoms with van der Waals surface area (Å²) >= 11 is 0. The van der Waals surface area contributed by atoms with Crippen LogP contribution in [0.2, 0.25) is 0 Å². The fourth-order valence-corrected chi connectivity index (χ4v) is 5.77. The lowest BCUT2D eigenvalue weighted by molar-refractivity contribution is -0.119. The van der Waals surface area contributed by atoms with Gasteiger partial charge in [0.05, 0.1) is 11.1 Å². The molecule has 0 aliphatic carbocycles. The maximum Gasteiger partial charge on any atom is 0.261 e. The number of hydrogen-bond acceptors (Lipinski definition) is 4. The van der Waals surface area contributed by atoms with E-state index < -0.39 is 0 Å². The maximum atomic E-state index is 13.5. The van der Waals surface area contributed by atoms with Crippen molar-refractivity contribution in [3.8, 4) is 0 Å².